The summed E-state index contributed by atoms with van der Waals surface area (Å²) in [6, 6.07) is 3.38. The summed E-state index contributed by atoms with van der Waals surface area (Å²) in [6.45, 7) is 0.855. The summed E-state index contributed by atoms with van der Waals surface area (Å²) in [5.74, 6) is -0.665. The average Bonchev–Trinajstić information content (AvgIpc) is 2.94. The minimum Gasteiger partial charge on any atom is -0.395 e. The second-order valence-corrected chi connectivity index (χ2v) is 7.30. The van der Waals surface area contributed by atoms with Gasteiger partial charge < -0.3 is 10.4 Å². The number of nitrogens with one attached hydrogen (secondary N) is 1. The fraction of sp³-hybridized carbons (Fsp3) is 0.538. The molecule has 1 unspecified atom stereocenters. The van der Waals surface area contributed by atoms with Gasteiger partial charge in [0.15, 0.2) is 0 Å². The number of rotatable bonds is 6. The molecule has 2 N–H and O–H groups in total. The standard InChI is InChI=1S/C13H18ClFN2O3S/c14-12-8-11(3-4-13(12)15)21(19,20)17(6-7-18)9-10-2-1-5-16-10/h3-4,8,10,16,18H,1-2,5-7,9H2. The number of nitrogens with zero attached hydrogens (tertiary/aromatic N) is 1. The maximum absolute atomic E-state index is 13.2. The molecular weight excluding hydrogens is 319 g/mol. The second kappa shape index (κ2) is 7.02. The van der Waals surface area contributed by atoms with Crippen LogP contribution in [0.4, 0.5) is 4.39 Å². The van der Waals surface area contributed by atoms with Gasteiger partial charge in [0, 0.05) is 19.1 Å². The molecule has 0 aromatic heterocycles. The number of hydrogen-bond acceptors (Lipinski definition) is 4. The molecule has 0 spiro atoms. The number of halogens is 2. The van der Waals surface area contributed by atoms with Crippen LogP contribution in [-0.2, 0) is 10.0 Å². The zero-order valence-electron chi connectivity index (χ0n) is 11.4. The van der Waals surface area contributed by atoms with Crippen molar-refractivity contribution in [1.29, 1.82) is 0 Å². The fourth-order valence-electron chi connectivity index (χ4n) is 2.37. The predicted octanol–water partition coefficient (Wildman–Crippen LogP) is 1.21. The van der Waals surface area contributed by atoms with Gasteiger partial charge in [-0.15, -0.1) is 0 Å². The summed E-state index contributed by atoms with van der Waals surface area (Å²) in [6.07, 6.45) is 1.89. The molecule has 0 bridgehead atoms. The van der Waals surface area contributed by atoms with Gasteiger partial charge in [-0.05, 0) is 37.6 Å². The highest BCUT2D eigenvalue weighted by Crippen LogP contribution is 2.23. The molecule has 1 aliphatic heterocycles. The third kappa shape index (κ3) is 3.92. The third-order valence-corrected chi connectivity index (χ3v) is 5.62. The Hall–Kier alpha value is -0.730. The summed E-state index contributed by atoms with van der Waals surface area (Å²) in [4.78, 5) is -0.0691. The zero-order valence-corrected chi connectivity index (χ0v) is 13.0. The molecule has 8 heteroatoms. The summed E-state index contributed by atoms with van der Waals surface area (Å²) in [7, 11) is -3.81. The van der Waals surface area contributed by atoms with Gasteiger partial charge in [-0.1, -0.05) is 11.6 Å². The van der Waals surface area contributed by atoms with Gasteiger partial charge in [-0.2, -0.15) is 4.31 Å². The zero-order chi connectivity index (χ0) is 15.5. The number of hydrogen-bond donors (Lipinski definition) is 2. The van der Waals surface area contributed by atoms with Crippen molar-refractivity contribution in [3.8, 4) is 0 Å². The number of sulfonamides is 1. The molecule has 1 atom stereocenters. The largest absolute Gasteiger partial charge is 0.395 e. The van der Waals surface area contributed by atoms with Crippen LogP contribution < -0.4 is 5.32 Å². The van der Waals surface area contributed by atoms with Crippen LogP contribution in [0.3, 0.4) is 0 Å². The lowest BCUT2D eigenvalue weighted by atomic mass is 10.2. The topological polar surface area (TPSA) is 69.6 Å². The van der Waals surface area contributed by atoms with Crippen LogP contribution in [0.1, 0.15) is 12.8 Å². The molecule has 1 aromatic rings. The van der Waals surface area contributed by atoms with Crippen molar-refractivity contribution in [2.45, 2.75) is 23.8 Å². The van der Waals surface area contributed by atoms with Gasteiger partial charge in [0.05, 0.1) is 16.5 Å². The van der Waals surface area contributed by atoms with Crippen LogP contribution in [0.25, 0.3) is 0 Å². The van der Waals surface area contributed by atoms with Gasteiger partial charge >= 0.3 is 0 Å². The van der Waals surface area contributed by atoms with Gasteiger partial charge in [0.25, 0.3) is 0 Å². The van der Waals surface area contributed by atoms with E-state index in [1.165, 1.54) is 10.4 Å². The quantitative estimate of drug-likeness (QED) is 0.819. The van der Waals surface area contributed by atoms with Gasteiger partial charge in [-0.25, -0.2) is 12.8 Å². The first-order chi connectivity index (χ1) is 9.95. The van der Waals surface area contributed by atoms with E-state index in [2.05, 4.69) is 5.32 Å². The summed E-state index contributed by atoms with van der Waals surface area (Å²) < 4.78 is 39.5. The second-order valence-electron chi connectivity index (χ2n) is 4.96. The molecule has 118 valence electrons. The summed E-state index contributed by atoms with van der Waals surface area (Å²) in [5, 5.41) is 12.1. The van der Waals surface area contributed by atoms with Gasteiger partial charge in [-0.3, -0.25) is 0 Å². The Morgan fingerprint density at radius 2 is 2.24 bits per heavy atom. The molecule has 1 aliphatic rings. The van der Waals surface area contributed by atoms with Crippen molar-refractivity contribution in [3.63, 3.8) is 0 Å². The van der Waals surface area contributed by atoms with Crippen LogP contribution >= 0.6 is 11.6 Å². The molecule has 21 heavy (non-hydrogen) atoms. The van der Waals surface area contributed by atoms with Gasteiger partial charge in [0.2, 0.25) is 10.0 Å². The maximum Gasteiger partial charge on any atom is 0.243 e. The number of aliphatic hydroxyl groups is 1. The van der Waals surface area contributed by atoms with Crippen LogP contribution in [-0.4, -0.2) is 50.1 Å². The average molecular weight is 337 g/mol. The Labute approximate surface area is 128 Å². The molecule has 0 amide bonds. The minimum absolute atomic E-state index is 0.00446. The van der Waals surface area contributed by atoms with E-state index in [0.717, 1.165) is 31.5 Å². The highest BCUT2D eigenvalue weighted by atomic mass is 35.5. The van der Waals surface area contributed by atoms with E-state index in [1.807, 2.05) is 0 Å². The molecular formula is C13H18ClFN2O3S. The number of benzene rings is 1. The van der Waals surface area contributed by atoms with Crippen LogP contribution in [0.5, 0.6) is 0 Å². The first-order valence-corrected chi connectivity index (χ1v) is 8.56. The molecule has 5 nitrogen and oxygen atoms in total. The van der Waals surface area contributed by atoms with Crippen LogP contribution in [0.15, 0.2) is 23.1 Å². The molecule has 1 aromatic carbocycles. The van der Waals surface area contributed by atoms with E-state index >= 15 is 0 Å². The Morgan fingerprint density at radius 3 is 2.81 bits per heavy atom. The number of aliphatic hydroxyl groups excluding tert-OH is 1. The lowest BCUT2D eigenvalue weighted by Crippen LogP contribution is -2.42. The van der Waals surface area contributed by atoms with Crippen LogP contribution in [0.2, 0.25) is 5.02 Å². The Bertz CT molecular complexity index is 591. The summed E-state index contributed by atoms with van der Waals surface area (Å²) in [5.41, 5.74) is 0. The van der Waals surface area contributed by atoms with Gasteiger partial charge in [0.1, 0.15) is 5.82 Å². The fourth-order valence-corrected chi connectivity index (χ4v) is 4.11. The highest BCUT2D eigenvalue weighted by Gasteiger charge is 2.28. The van der Waals surface area contributed by atoms with Crippen molar-refractivity contribution < 1.29 is 17.9 Å². The minimum atomic E-state index is -3.81. The maximum atomic E-state index is 13.2. The monoisotopic (exact) mass is 336 g/mol. The van der Waals surface area contributed by atoms with Crippen molar-refractivity contribution in [2.75, 3.05) is 26.2 Å². The predicted molar refractivity (Wildman–Crippen MR) is 78.3 cm³/mol. The van der Waals surface area contributed by atoms with E-state index < -0.39 is 15.8 Å². The summed E-state index contributed by atoms with van der Waals surface area (Å²) >= 11 is 5.65. The van der Waals surface area contributed by atoms with Crippen molar-refractivity contribution >= 4 is 21.6 Å². The Morgan fingerprint density at radius 1 is 1.48 bits per heavy atom. The lowest BCUT2D eigenvalue weighted by Gasteiger charge is -2.24. The normalized spacial score (nSPS) is 19.3. The van der Waals surface area contributed by atoms with E-state index in [0.29, 0.717) is 0 Å². The Balaban J connectivity index is 2.25. The molecule has 0 saturated carbocycles. The molecule has 0 aliphatic carbocycles. The highest BCUT2D eigenvalue weighted by molar-refractivity contribution is 7.89. The van der Waals surface area contributed by atoms with E-state index in [9.17, 15) is 12.8 Å². The van der Waals surface area contributed by atoms with Crippen molar-refractivity contribution in [3.05, 3.63) is 29.0 Å². The van der Waals surface area contributed by atoms with E-state index in [1.54, 1.807) is 0 Å². The smallest absolute Gasteiger partial charge is 0.243 e. The molecule has 1 saturated heterocycles. The molecule has 1 heterocycles. The van der Waals surface area contributed by atoms with Crippen LogP contribution in [0, 0.1) is 5.82 Å². The first kappa shape index (κ1) is 16.6. The third-order valence-electron chi connectivity index (χ3n) is 3.46. The SMILES string of the molecule is O=S(=O)(c1ccc(F)c(Cl)c1)N(CCO)CC1CCCN1. The van der Waals surface area contributed by atoms with Crippen molar-refractivity contribution in [1.82, 2.24) is 9.62 Å². The molecule has 2 rings (SSSR count). The first-order valence-electron chi connectivity index (χ1n) is 6.74. The molecule has 1 fully saturated rings. The lowest BCUT2D eigenvalue weighted by molar-refractivity contribution is 0.246. The van der Waals surface area contributed by atoms with E-state index in [4.69, 9.17) is 16.7 Å². The van der Waals surface area contributed by atoms with Crippen molar-refractivity contribution in [2.24, 2.45) is 0 Å². The molecule has 0 radical (unpaired) electrons. The van der Waals surface area contributed by atoms with E-state index in [-0.39, 0.29) is 35.7 Å². The Kier molecular flexibility index (Phi) is 5.56.